The van der Waals surface area contributed by atoms with E-state index in [1.54, 1.807) is 45.9 Å². The van der Waals surface area contributed by atoms with E-state index in [1.807, 2.05) is 26.6 Å². The first-order valence-corrected chi connectivity index (χ1v) is 15.8. The second-order valence-corrected chi connectivity index (χ2v) is 15.6. The summed E-state index contributed by atoms with van der Waals surface area (Å²) >= 11 is 0. The van der Waals surface area contributed by atoms with Crippen molar-refractivity contribution < 1.29 is 31.7 Å². The Morgan fingerprint density at radius 3 is 1.41 bits per heavy atom. The molecule has 0 saturated heterocycles. The van der Waals surface area contributed by atoms with E-state index in [1.165, 1.54) is 6.08 Å². The van der Waals surface area contributed by atoms with E-state index in [0.29, 0.717) is 0 Å². The largest absolute Gasteiger partial charge is 0.390 e. The molecule has 0 atom stereocenters. The van der Waals surface area contributed by atoms with Gasteiger partial charge in [0.15, 0.2) is 8.32 Å². The third kappa shape index (κ3) is 7.05. The van der Waals surface area contributed by atoms with Crippen LogP contribution in [0, 0.1) is 0 Å². The summed E-state index contributed by atoms with van der Waals surface area (Å²) in [5.74, 6) is 0. The summed E-state index contributed by atoms with van der Waals surface area (Å²) < 4.78 is 56.5. The molecular formula is C17H36O7P2Si. The van der Waals surface area contributed by atoms with Gasteiger partial charge in [0.1, 0.15) is 0 Å². The Morgan fingerprint density at radius 2 is 1.15 bits per heavy atom. The molecule has 0 aliphatic rings. The minimum Gasteiger partial charge on any atom is -0.390 e. The minimum absolute atomic E-state index is 0.0871. The lowest BCUT2D eigenvalue weighted by Crippen LogP contribution is -2.43. The molecule has 0 aromatic carbocycles. The highest BCUT2D eigenvalue weighted by Gasteiger charge is 2.66. The van der Waals surface area contributed by atoms with Gasteiger partial charge in [-0.3, -0.25) is 9.13 Å². The van der Waals surface area contributed by atoms with Gasteiger partial charge in [-0.2, -0.15) is 0 Å². The lowest BCUT2D eigenvalue weighted by atomic mass is 10.4. The van der Waals surface area contributed by atoms with E-state index in [0.717, 1.165) is 0 Å². The molecule has 0 heterocycles. The molecule has 0 amide bonds. The fourth-order valence-electron chi connectivity index (χ4n) is 2.35. The first-order chi connectivity index (χ1) is 12.5. The quantitative estimate of drug-likeness (QED) is 0.181. The summed E-state index contributed by atoms with van der Waals surface area (Å²) in [5.41, 5.74) is 0. The smallest absolute Gasteiger partial charge is 0.377 e. The summed E-state index contributed by atoms with van der Waals surface area (Å²) in [4.78, 5) is 0. The van der Waals surface area contributed by atoms with Crippen molar-refractivity contribution in [2.24, 2.45) is 0 Å². The molecule has 0 aromatic heterocycles. The molecular weight excluding hydrogens is 406 g/mol. The maximum atomic E-state index is 13.9. The number of hydrogen-bond acceptors (Lipinski definition) is 7. The molecule has 0 aliphatic carbocycles. The first kappa shape index (κ1) is 27.0. The molecule has 160 valence electrons. The van der Waals surface area contributed by atoms with Crippen LogP contribution in [0.4, 0.5) is 0 Å². The van der Waals surface area contributed by atoms with Crippen LogP contribution in [0.25, 0.3) is 0 Å². The van der Waals surface area contributed by atoms with Crippen molar-refractivity contribution in [2.75, 3.05) is 26.4 Å². The topological polar surface area (TPSA) is 80.3 Å². The zero-order valence-corrected chi connectivity index (χ0v) is 20.7. The fourth-order valence-corrected chi connectivity index (χ4v) is 10.5. The van der Waals surface area contributed by atoms with E-state index in [-0.39, 0.29) is 26.4 Å². The molecule has 0 unspecified atom stereocenters. The van der Waals surface area contributed by atoms with Crippen LogP contribution in [-0.2, 0) is 31.7 Å². The molecule has 27 heavy (non-hydrogen) atoms. The third-order valence-corrected chi connectivity index (χ3v) is 10.2. The summed E-state index contributed by atoms with van der Waals surface area (Å²) in [6.45, 7) is 14.6. The van der Waals surface area contributed by atoms with Gasteiger partial charge in [0.2, 0.25) is 0 Å². The van der Waals surface area contributed by atoms with Crippen LogP contribution in [0.15, 0.2) is 24.3 Å². The van der Waals surface area contributed by atoms with Crippen molar-refractivity contribution in [2.45, 2.75) is 59.3 Å². The van der Waals surface area contributed by atoms with Gasteiger partial charge in [-0.05, 0) is 60.3 Å². The lowest BCUT2D eigenvalue weighted by Gasteiger charge is -2.43. The van der Waals surface area contributed by atoms with Gasteiger partial charge in [-0.15, -0.1) is 0 Å². The zero-order chi connectivity index (χ0) is 21.2. The molecule has 0 fully saturated rings. The van der Waals surface area contributed by atoms with Crippen molar-refractivity contribution in [3.05, 3.63) is 24.3 Å². The summed E-state index contributed by atoms with van der Waals surface area (Å²) in [5, 5.41) is -2.00. The van der Waals surface area contributed by atoms with E-state index < -0.39 is 28.6 Å². The lowest BCUT2D eigenvalue weighted by molar-refractivity contribution is 0.117. The molecule has 0 aromatic rings. The van der Waals surface area contributed by atoms with Crippen LogP contribution in [0.5, 0.6) is 0 Å². The van der Waals surface area contributed by atoms with E-state index in [2.05, 4.69) is 0 Å². The third-order valence-electron chi connectivity index (χ3n) is 3.05. The van der Waals surface area contributed by atoms with Crippen molar-refractivity contribution in [3.63, 3.8) is 0 Å². The Morgan fingerprint density at radius 1 is 0.778 bits per heavy atom. The molecule has 10 heteroatoms. The van der Waals surface area contributed by atoms with E-state index in [9.17, 15) is 9.13 Å². The van der Waals surface area contributed by atoms with Crippen LogP contribution in [0.2, 0.25) is 19.6 Å². The highest BCUT2D eigenvalue weighted by atomic mass is 31.2. The predicted molar refractivity (Wildman–Crippen MR) is 113 cm³/mol. The van der Waals surface area contributed by atoms with Gasteiger partial charge in [0, 0.05) is 0 Å². The highest BCUT2D eigenvalue weighted by Crippen LogP contribution is 2.79. The van der Waals surface area contributed by atoms with Gasteiger partial charge < -0.3 is 22.5 Å². The maximum Gasteiger partial charge on any atom is 0.377 e. The molecule has 0 aliphatic heterocycles. The monoisotopic (exact) mass is 442 g/mol. The average molecular weight is 443 g/mol. The van der Waals surface area contributed by atoms with Crippen molar-refractivity contribution in [3.8, 4) is 0 Å². The zero-order valence-electron chi connectivity index (χ0n) is 17.9. The average Bonchev–Trinajstić information content (AvgIpc) is 2.53. The Balaban J connectivity index is 6.99. The highest BCUT2D eigenvalue weighted by molar-refractivity contribution is 7.74. The van der Waals surface area contributed by atoms with Gasteiger partial charge in [-0.1, -0.05) is 18.2 Å². The fraction of sp³-hybridized carbons (Fsp3) is 0.765. The second-order valence-electron chi connectivity index (χ2n) is 6.42. The van der Waals surface area contributed by atoms with Crippen LogP contribution in [0.1, 0.15) is 34.6 Å². The molecule has 0 rings (SSSR count). The summed E-state index contributed by atoms with van der Waals surface area (Å²) in [6.07, 6.45) is 6.56. The SMILES string of the molecule is CC=CC=CC(O[Si](C)(C)C)(P(=O)(OCC)OCC)P(=O)(OCC)OCC. The Hall–Kier alpha value is -0.0431. The van der Waals surface area contributed by atoms with Crippen LogP contribution in [-0.4, -0.2) is 39.8 Å². The second kappa shape index (κ2) is 11.8. The number of hydrogen-bond donors (Lipinski definition) is 0. The first-order valence-electron chi connectivity index (χ1n) is 9.30. The maximum absolute atomic E-state index is 13.9. The van der Waals surface area contributed by atoms with Crippen molar-refractivity contribution in [1.29, 1.82) is 0 Å². The molecule has 0 saturated carbocycles. The minimum atomic E-state index is -4.10. The summed E-state index contributed by atoms with van der Waals surface area (Å²) in [7, 11) is -10.6. The number of allylic oxidation sites excluding steroid dienone is 3. The summed E-state index contributed by atoms with van der Waals surface area (Å²) in [6, 6.07) is 0. The van der Waals surface area contributed by atoms with Crippen LogP contribution < -0.4 is 0 Å². The Bertz CT molecular complexity index is 534. The molecule has 7 nitrogen and oxygen atoms in total. The standard InChI is InChI=1S/C17H36O7P2Si/c1-9-14-15-16-17(24-27(6,7)8,25(18,20-10-2)21-11-3)26(19,22-12-4)23-13-5/h9,14-16H,10-13H2,1-8H3. The molecule has 0 spiro atoms. The Labute approximate surface area is 165 Å². The van der Waals surface area contributed by atoms with Gasteiger partial charge in [-0.25, -0.2) is 0 Å². The molecule has 0 N–H and O–H groups in total. The Kier molecular flexibility index (Phi) is 11.8. The molecule has 0 bridgehead atoms. The number of rotatable bonds is 14. The van der Waals surface area contributed by atoms with E-state index in [4.69, 9.17) is 22.5 Å². The van der Waals surface area contributed by atoms with Crippen molar-refractivity contribution >= 4 is 23.5 Å². The van der Waals surface area contributed by atoms with Gasteiger partial charge in [0.25, 0.3) is 5.08 Å². The van der Waals surface area contributed by atoms with Crippen molar-refractivity contribution in [1.82, 2.24) is 0 Å². The van der Waals surface area contributed by atoms with Gasteiger partial charge >= 0.3 is 15.2 Å². The van der Waals surface area contributed by atoms with Crippen LogP contribution in [0.3, 0.4) is 0 Å². The molecule has 0 radical (unpaired) electrons. The van der Waals surface area contributed by atoms with E-state index >= 15 is 0 Å². The normalized spacial score (nSPS) is 14.5. The van der Waals surface area contributed by atoms with Crippen LogP contribution >= 0.6 is 15.2 Å². The predicted octanol–water partition coefficient (Wildman–Crippen LogP) is 6.16. The van der Waals surface area contributed by atoms with Gasteiger partial charge in [0.05, 0.1) is 26.4 Å².